The van der Waals surface area contributed by atoms with Gasteiger partial charge in [0.1, 0.15) is 0 Å². The molecule has 3 aromatic rings. The van der Waals surface area contributed by atoms with Gasteiger partial charge in [0.15, 0.2) is 17.3 Å². The number of aromatic amines is 1. The Morgan fingerprint density at radius 3 is 2.70 bits per heavy atom. The quantitative estimate of drug-likeness (QED) is 0.536. The van der Waals surface area contributed by atoms with E-state index in [2.05, 4.69) is 15.5 Å². The molecule has 0 bridgehead atoms. The second kappa shape index (κ2) is 4.58. The molecule has 0 aliphatic heterocycles. The van der Waals surface area contributed by atoms with Crippen LogP contribution in [0.1, 0.15) is 10.4 Å². The Morgan fingerprint density at radius 1 is 1.10 bits per heavy atom. The Balaban J connectivity index is 1.90. The van der Waals surface area contributed by atoms with E-state index in [0.29, 0.717) is 5.82 Å². The zero-order chi connectivity index (χ0) is 14.1. The fourth-order valence-electron chi connectivity index (χ4n) is 1.90. The Hall–Kier alpha value is -3.02. The first-order chi connectivity index (χ1) is 9.65. The first kappa shape index (κ1) is 12.0. The number of carbonyl (C=O) groups excluding carboxylic acids is 1. The van der Waals surface area contributed by atoms with Gasteiger partial charge in [0.2, 0.25) is 0 Å². The number of phenolic OH excluding ortho intramolecular Hbond substituents is 2. The lowest BCUT2D eigenvalue weighted by atomic mass is 10.2. The highest BCUT2D eigenvalue weighted by Gasteiger charge is 2.12. The van der Waals surface area contributed by atoms with Crippen molar-refractivity contribution in [3.8, 4) is 11.5 Å². The largest absolute Gasteiger partial charge is 0.504 e. The number of carbonyl (C=O) groups is 1. The van der Waals surface area contributed by atoms with Crippen molar-refractivity contribution in [2.24, 2.45) is 0 Å². The van der Waals surface area contributed by atoms with Crippen molar-refractivity contribution < 1.29 is 15.0 Å². The SMILES string of the molecule is O=C(Nc1n[nH]c2ccccc12)c1ccc(O)c(O)c1. The van der Waals surface area contributed by atoms with Crippen LogP contribution in [0.25, 0.3) is 10.9 Å². The van der Waals surface area contributed by atoms with Gasteiger partial charge in [-0.3, -0.25) is 9.89 Å². The number of nitrogens with zero attached hydrogens (tertiary/aromatic N) is 1. The Morgan fingerprint density at radius 2 is 1.90 bits per heavy atom. The number of fused-ring (bicyclic) bond motifs is 1. The number of aromatic nitrogens is 2. The van der Waals surface area contributed by atoms with Crippen molar-refractivity contribution in [3.63, 3.8) is 0 Å². The zero-order valence-corrected chi connectivity index (χ0v) is 10.3. The third kappa shape index (κ3) is 2.03. The summed E-state index contributed by atoms with van der Waals surface area (Å²) < 4.78 is 0. The average molecular weight is 269 g/mol. The van der Waals surface area contributed by atoms with Crippen LogP contribution in [0.2, 0.25) is 0 Å². The van der Waals surface area contributed by atoms with Crippen molar-refractivity contribution in [1.82, 2.24) is 10.2 Å². The van der Waals surface area contributed by atoms with E-state index in [-0.39, 0.29) is 17.1 Å². The molecule has 3 rings (SSSR count). The molecule has 0 aliphatic rings. The van der Waals surface area contributed by atoms with Gasteiger partial charge in [-0.05, 0) is 30.3 Å². The minimum Gasteiger partial charge on any atom is -0.504 e. The zero-order valence-electron chi connectivity index (χ0n) is 10.3. The van der Waals surface area contributed by atoms with Gasteiger partial charge in [-0.15, -0.1) is 0 Å². The number of nitrogens with one attached hydrogen (secondary N) is 2. The summed E-state index contributed by atoms with van der Waals surface area (Å²) in [6.45, 7) is 0. The molecule has 1 aromatic heterocycles. The molecule has 6 nitrogen and oxygen atoms in total. The maximum absolute atomic E-state index is 12.1. The van der Waals surface area contributed by atoms with Crippen LogP contribution in [0.5, 0.6) is 11.5 Å². The smallest absolute Gasteiger partial charge is 0.257 e. The molecule has 0 unspecified atom stereocenters. The number of anilines is 1. The molecule has 0 fully saturated rings. The molecule has 2 aromatic carbocycles. The van der Waals surface area contributed by atoms with E-state index in [1.165, 1.54) is 18.2 Å². The van der Waals surface area contributed by atoms with Crippen LogP contribution in [-0.4, -0.2) is 26.3 Å². The number of H-pyrrole nitrogens is 1. The number of para-hydroxylation sites is 1. The maximum Gasteiger partial charge on any atom is 0.257 e. The molecule has 0 saturated heterocycles. The number of aromatic hydroxyl groups is 2. The normalized spacial score (nSPS) is 10.6. The summed E-state index contributed by atoms with van der Waals surface area (Å²) in [7, 11) is 0. The molecule has 1 amide bonds. The molecule has 100 valence electrons. The second-order valence-corrected chi connectivity index (χ2v) is 4.28. The van der Waals surface area contributed by atoms with Gasteiger partial charge in [-0.2, -0.15) is 5.10 Å². The predicted octanol–water partition coefficient (Wildman–Crippen LogP) is 2.23. The van der Waals surface area contributed by atoms with E-state index in [9.17, 15) is 15.0 Å². The highest BCUT2D eigenvalue weighted by Crippen LogP contribution is 2.26. The summed E-state index contributed by atoms with van der Waals surface area (Å²) in [5, 5.41) is 28.9. The van der Waals surface area contributed by atoms with Crippen LogP contribution >= 0.6 is 0 Å². The van der Waals surface area contributed by atoms with Gasteiger partial charge < -0.3 is 15.5 Å². The third-order valence-corrected chi connectivity index (χ3v) is 2.94. The van der Waals surface area contributed by atoms with E-state index in [1.54, 1.807) is 0 Å². The second-order valence-electron chi connectivity index (χ2n) is 4.28. The fourth-order valence-corrected chi connectivity index (χ4v) is 1.90. The lowest BCUT2D eigenvalue weighted by Gasteiger charge is -2.04. The number of hydrogen-bond acceptors (Lipinski definition) is 4. The maximum atomic E-state index is 12.1. The van der Waals surface area contributed by atoms with Gasteiger partial charge >= 0.3 is 0 Å². The number of hydrogen-bond donors (Lipinski definition) is 4. The van der Waals surface area contributed by atoms with Gasteiger partial charge in [-0.1, -0.05) is 12.1 Å². The van der Waals surface area contributed by atoms with Crippen LogP contribution in [-0.2, 0) is 0 Å². The van der Waals surface area contributed by atoms with Crippen molar-refractivity contribution in [1.29, 1.82) is 0 Å². The van der Waals surface area contributed by atoms with Crippen molar-refractivity contribution in [2.75, 3.05) is 5.32 Å². The first-order valence-corrected chi connectivity index (χ1v) is 5.91. The summed E-state index contributed by atoms with van der Waals surface area (Å²) in [6.07, 6.45) is 0. The van der Waals surface area contributed by atoms with Crippen LogP contribution in [0, 0.1) is 0 Å². The Labute approximate surface area is 113 Å². The van der Waals surface area contributed by atoms with Gasteiger partial charge in [-0.25, -0.2) is 0 Å². The van der Waals surface area contributed by atoms with Crippen LogP contribution < -0.4 is 5.32 Å². The predicted molar refractivity (Wildman–Crippen MR) is 73.8 cm³/mol. The summed E-state index contributed by atoms with van der Waals surface area (Å²) in [4.78, 5) is 12.1. The lowest BCUT2D eigenvalue weighted by Crippen LogP contribution is -2.12. The summed E-state index contributed by atoms with van der Waals surface area (Å²) in [5.41, 5.74) is 1.05. The molecule has 0 radical (unpaired) electrons. The summed E-state index contributed by atoms with van der Waals surface area (Å²) >= 11 is 0. The van der Waals surface area contributed by atoms with Gasteiger partial charge in [0, 0.05) is 10.9 Å². The van der Waals surface area contributed by atoms with Crippen molar-refractivity contribution in [3.05, 3.63) is 48.0 Å². The summed E-state index contributed by atoms with van der Waals surface area (Å²) in [6, 6.07) is 11.3. The van der Waals surface area contributed by atoms with Gasteiger partial charge in [0.05, 0.1) is 5.52 Å². The van der Waals surface area contributed by atoms with E-state index in [4.69, 9.17) is 0 Å². The van der Waals surface area contributed by atoms with E-state index >= 15 is 0 Å². The molecular formula is C14H11N3O3. The highest BCUT2D eigenvalue weighted by molar-refractivity contribution is 6.08. The Bertz CT molecular complexity index is 795. The minimum absolute atomic E-state index is 0.229. The van der Waals surface area contributed by atoms with E-state index < -0.39 is 5.91 Å². The number of phenols is 2. The number of rotatable bonds is 2. The van der Waals surface area contributed by atoms with Crippen molar-refractivity contribution in [2.45, 2.75) is 0 Å². The van der Waals surface area contributed by atoms with E-state index in [0.717, 1.165) is 10.9 Å². The number of amides is 1. The molecule has 0 spiro atoms. The lowest BCUT2D eigenvalue weighted by molar-refractivity contribution is 0.102. The third-order valence-electron chi connectivity index (χ3n) is 2.94. The Kier molecular flexibility index (Phi) is 2.76. The van der Waals surface area contributed by atoms with Gasteiger partial charge in [0.25, 0.3) is 5.91 Å². The molecule has 20 heavy (non-hydrogen) atoms. The monoisotopic (exact) mass is 269 g/mol. The molecule has 1 heterocycles. The average Bonchev–Trinajstić information content (AvgIpc) is 2.85. The standard InChI is InChI=1S/C14H11N3O3/c18-11-6-5-8(7-12(11)19)14(20)15-13-9-3-1-2-4-10(9)16-17-13/h1-7,18-19H,(H2,15,16,17,20). The minimum atomic E-state index is -0.419. The number of benzene rings is 2. The molecule has 0 atom stereocenters. The topological polar surface area (TPSA) is 98.2 Å². The molecular weight excluding hydrogens is 258 g/mol. The molecule has 4 N–H and O–H groups in total. The van der Waals surface area contributed by atoms with Crippen LogP contribution in [0.4, 0.5) is 5.82 Å². The fraction of sp³-hybridized carbons (Fsp3) is 0. The summed E-state index contributed by atoms with van der Waals surface area (Å²) in [5.74, 6) is -0.618. The van der Waals surface area contributed by atoms with E-state index in [1.807, 2.05) is 24.3 Å². The first-order valence-electron chi connectivity index (χ1n) is 5.91. The molecule has 0 saturated carbocycles. The van der Waals surface area contributed by atoms with Crippen LogP contribution in [0.15, 0.2) is 42.5 Å². The molecule has 0 aliphatic carbocycles. The highest BCUT2D eigenvalue weighted by atomic mass is 16.3. The van der Waals surface area contributed by atoms with Crippen molar-refractivity contribution >= 4 is 22.6 Å². The molecule has 6 heteroatoms. The van der Waals surface area contributed by atoms with Crippen LogP contribution in [0.3, 0.4) is 0 Å².